The second-order valence-electron chi connectivity index (χ2n) is 11.9. The van der Waals surface area contributed by atoms with Gasteiger partial charge in [0.2, 0.25) is 0 Å². The lowest BCUT2D eigenvalue weighted by molar-refractivity contribution is -0.153. The van der Waals surface area contributed by atoms with Crippen LogP contribution in [0.2, 0.25) is 0 Å². The zero-order valence-electron chi connectivity index (χ0n) is 28.8. The van der Waals surface area contributed by atoms with Crippen LogP contribution in [0.15, 0.2) is 24.3 Å². The second-order valence-corrected chi connectivity index (χ2v) is 13.3. The predicted molar refractivity (Wildman–Crippen MR) is 182 cm³/mol. The first-order valence-electron chi connectivity index (χ1n) is 17.8. The van der Waals surface area contributed by atoms with Crippen molar-refractivity contribution >= 4 is 19.8 Å². The van der Waals surface area contributed by atoms with Crippen molar-refractivity contribution in [3.63, 3.8) is 0 Å². The van der Waals surface area contributed by atoms with Gasteiger partial charge in [-0.05, 0) is 44.9 Å². The van der Waals surface area contributed by atoms with Gasteiger partial charge in [0.25, 0.3) is 0 Å². The van der Waals surface area contributed by atoms with Crippen molar-refractivity contribution in [3.05, 3.63) is 24.3 Å². The van der Waals surface area contributed by atoms with E-state index >= 15 is 0 Å². The van der Waals surface area contributed by atoms with Crippen LogP contribution in [0, 0.1) is 0 Å². The maximum atomic E-state index is 12.1. The zero-order valence-corrected chi connectivity index (χ0v) is 29.7. The highest BCUT2D eigenvalue weighted by molar-refractivity contribution is 7.47. The lowest BCUT2D eigenvalue weighted by Crippen LogP contribution is -2.28. The molecule has 3 unspecified atom stereocenters. The number of allylic oxidation sites excluding steroid dienone is 4. The standard InChI is InChI=1S/C35H65O10P/c1-3-5-7-8-9-10-11-12-13-14-15-16-17-18-19-20-21-22-23-24-25-27-35(39)45-33(29-37)31-43-46(40,41)42-30-32(28-36)44-34(38)26-6-4-2/h11-12,14-15,32-33,36-37H,3-10,13,16-31H2,1-2H3,(H,40,41)/b12-11-,15-14-. The molecule has 270 valence electrons. The molecule has 0 rings (SSSR count). The van der Waals surface area contributed by atoms with Crippen LogP contribution in [0.25, 0.3) is 0 Å². The summed E-state index contributed by atoms with van der Waals surface area (Å²) in [5.74, 6) is -1.06. The summed E-state index contributed by atoms with van der Waals surface area (Å²) in [5.41, 5.74) is 0. The van der Waals surface area contributed by atoms with E-state index in [0.29, 0.717) is 12.8 Å². The van der Waals surface area contributed by atoms with Crippen molar-refractivity contribution in [1.82, 2.24) is 0 Å². The van der Waals surface area contributed by atoms with E-state index in [9.17, 15) is 29.3 Å². The van der Waals surface area contributed by atoms with Gasteiger partial charge in [-0.1, -0.05) is 115 Å². The summed E-state index contributed by atoms with van der Waals surface area (Å²) in [4.78, 5) is 33.7. The molecular formula is C35H65O10P. The summed E-state index contributed by atoms with van der Waals surface area (Å²) in [6.07, 6.45) is 28.7. The number of phosphoric acid groups is 1. The van der Waals surface area contributed by atoms with Gasteiger partial charge in [-0.3, -0.25) is 18.6 Å². The van der Waals surface area contributed by atoms with Crippen molar-refractivity contribution in [3.8, 4) is 0 Å². The van der Waals surface area contributed by atoms with E-state index in [-0.39, 0.29) is 12.8 Å². The minimum absolute atomic E-state index is 0.167. The molecule has 0 bridgehead atoms. The Morgan fingerprint density at radius 2 is 0.978 bits per heavy atom. The molecule has 3 N–H and O–H groups in total. The fourth-order valence-corrected chi connectivity index (χ4v) is 5.38. The summed E-state index contributed by atoms with van der Waals surface area (Å²) in [6, 6.07) is 0. The summed E-state index contributed by atoms with van der Waals surface area (Å²) in [5, 5.41) is 18.8. The molecule has 0 radical (unpaired) electrons. The maximum absolute atomic E-state index is 12.1. The predicted octanol–water partition coefficient (Wildman–Crippen LogP) is 8.27. The molecule has 0 aromatic heterocycles. The van der Waals surface area contributed by atoms with Crippen LogP contribution in [0.4, 0.5) is 0 Å². The van der Waals surface area contributed by atoms with Crippen LogP contribution in [0.5, 0.6) is 0 Å². The summed E-state index contributed by atoms with van der Waals surface area (Å²) >= 11 is 0. The Hall–Kier alpha value is -1.55. The normalized spacial score (nSPS) is 14.5. The third-order valence-corrected chi connectivity index (χ3v) is 8.37. The van der Waals surface area contributed by atoms with E-state index in [4.69, 9.17) is 18.5 Å². The average Bonchev–Trinajstić information content (AvgIpc) is 3.04. The van der Waals surface area contributed by atoms with Gasteiger partial charge in [-0.25, -0.2) is 4.57 Å². The Bertz CT molecular complexity index is 832. The zero-order chi connectivity index (χ0) is 34.1. The number of rotatable bonds is 33. The molecule has 3 atom stereocenters. The molecule has 0 saturated heterocycles. The van der Waals surface area contributed by atoms with Gasteiger partial charge in [-0.2, -0.15) is 0 Å². The third-order valence-electron chi connectivity index (χ3n) is 7.42. The van der Waals surface area contributed by atoms with E-state index in [1.807, 2.05) is 6.92 Å². The first-order valence-corrected chi connectivity index (χ1v) is 19.3. The quantitative estimate of drug-likeness (QED) is 0.0268. The number of carbonyl (C=O) groups excluding carboxylic acids is 2. The van der Waals surface area contributed by atoms with Gasteiger partial charge in [-0.15, -0.1) is 0 Å². The van der Waals surface area contributed by atoms with Crippen molar-refractivity contribution < 1.29 is 47.8 Å². The molecule has 10 nitrogen and oxygen atoms in total. The van der Waals surface area contributed by atoms with Gasteiger partial charge >= 0.3 is 19.8 Å². The molecular weight excluding hydrogens is 611 g/mol. The molecule has 0 amide bonds. The minimum atomic E-state index is -4.60. The van der Waals surface area contributed by atoms with Crippen LogP contribution >= 0.6 is 7.82 Å². The Kier molecular flexibility index (Phi) is 30.9. The largest absolute Gasteiger partial charge is 0.472 e. The summed E-state index contributed by atoms with van der Waals surface area (Å²) < 4.78 is 31.9. The molecule has 46 heavy (non-hydrogen) atoms. The summed E-state index contributed by atoms with van der Waals surface area (Å²) in [6.45, 7) is 1.87. The van der Waals surface area contributed by atoms with Crippen molar-refractivity contribution in [2.45, 2.75) is 161 Å². The average molecular weight is 677 g/mol. The number of carbonyl (C=O) groups is 2. The number of aliphatic hydroxyl groups is 2. The molecule has 0 aliphatic rings. The molecule has 0 aromatic carbocycles. The smallest absolute Gasteiger partial charge is 0.457 e. The van der Waals surface area contributed by atoms with Gasteiger partial charge < -0.3 is 24.6 Å². The first-order chi connectivity index (χ1) is 22.3. The van der Waals surface area contributed by atoms with E-state index in [1.165, 1.54) is 70.6 Å². The highest BCUT2D eigenvalue weighted by Crippen LogP contribution is 2.43. The molecule has 0 aliphatic heterocycles. The number of hydrogen-bond acceptors (Lipinski definition) is 9. The Balaban J connectivity index is 3.81. The van der Waals surface area contributed by atoms with Crippen molar-refractivity contribution in [2.75, 3.05) is 26.4 Å². The fourth-order valence-electron chi connectivity index (χ4n) is 4.59. The van der Waals surface area contributed by atoms with Gasteiger partial charge in [0.1, 0.15) is 12.2 Å². The van der Waals surface area contributed by atoms with Crippen LogP contribution in [0.3, 0.4) is 0 Å². The number of esters is 2. The Morgan fingerprint density at radius 1 is 0.587 bits per heavy atom. The molecule has 0 spiro atoms. The van der Waals surface area contributed by atoms with Crippen LogP contribution in [-0.2, 0) is 32.7 Å². The summed E-state index contributed by atoms with van der Waals surface area (Å²) in [7, 11) is -4.60. The van der Waals surface area contributed by atoms with Gasteiger partial charge in [0.05, 0.1) is 26.4 Å². The van der Waals surface area contributed by atoms with E-state index < -0.39 is 58.4 Å². The van der Waals surface area contributed by atoms with Crippen LogP contribution < -0.4 is 0 Å². The molecule has 0 saturated carbocycles. The molecule has 0 aromatic rings. The lowest BCUT2D eigenvalue weighted by Gasteiger charge is -2.20. The fraction of sp³-hybridized carbons (Fsp3) is 0.829. The van der Waals surface area contributed by atoms with Gasteiger partial charge in [0.15, 0.2) is 0 Å². The molecule has 0 heterocycles. The van der Waals surface area contributed by atoms with Crippen LogP contribution in [-0.4, -0.2) is 65.7 Å². The van der Waals surface area contributed by atoms with E-state index in [0.717, 1.165) is 38.5 Å². The number of aliphatic hydroxyl groups excluding tert-OH is 2. The topological polar surface area (TPSA) is 149 Å². The highest BCUT2D eigenvalue weighted by atomic mass is 31.2. The lowest BCUT2D eigenvalue weighted by atomic mass is 10.1. The Morgan fingerprint density at radius 3 is 1.41 bits per heavy atom. The molecule has 11 heteroatoms. The van der Waals surface area contributed by atoms with Crippen molar-refractivity contribution in [2.24, 2.45) is 0 Å². The first kappa shape index (κ1) is 44.5. The maximum Gasteiger partial charge on any atom is 0.472 e. The SMILES string of the molecule is CCCCCCC/C=C\C/C=C\CCCCCCCCCCCC(=O)OC(CO)COP(=O)(O)OCC(CO)OC(=O)CCCC. The van der Waals surface area contributed by atoms with Crippen LogP contribution in [0.1, 0.15) is 149 Å². The third kappa shape index (κ3) is 29.8. The van der Waals surface area contributed by atoms with Crippen molar-refractivity contribution in [1.29, 1.82) is 0 Å². The molecule has 0 fully saturated rings. The Labute approximate surface area is 278 Å². The number of ether oxygens (including phenoxy) is 2. The highest BCUT2D eigenvalue weighted by Gasteiger charge is 2.27. The van der Waals surface area contributed by atoms with Gasteiger partial charge in [0, 0.05) is 12.8 Å². The monoisotopic (exact) mass is 676 g/mol. The molecule has 0 aliphatic carbocycles. The number of unbranched alkanes of at least 4 members (excludes halogenated alkanes) is 15. The van der Waals surface area contributed by atoms with E-state index in [2.05, 4.69) is 31.2 Å². The number of hydrogen-bond donors (Lipinski definition) is 3. The second kappa shape index (κ2) is 32.0. The van der Waals surface area contributed by atoms with E-state index in [1.54, 1.807) is 0 Å². The minimum Gasteiger partial charge on any atom is -0.457 e. The number of phosphoric ester groups is 1.